The molecule has 0 radical (unpaired) electrons. The molecule has 0 aliphatic rings. The zero-order chi connectivity index (χ0) is 34.2. The molecule has 0 aromatic carbocycles. The number of ether oxygens (including phenoxy) is 4. The van der Waals surface area contributed by atoms with E-state index in [0.717, 1.165) is 26.1 Å². The van der Waals surface area contributed by atoms with E-state index in [1.54, 1.807) is 7.11 Å². The van der Waals surface area contributed by atoms with Gasteiger partial charge in [0.2, 0.25) is 0 Å². The summed E-state index contributed by atoms with van der Waals surface area (Å²) in [5.74, 6) is -0.146. The number of amides is 1. The van der Waals surface area contributed by atoms with Crippen molar-refractivity contribution >= 4 is 5.91 Å². The van der Waals surface area contributed by atoms with Crippen molar-refractivity contribution in [3.05, 3.63) is 0 Å². The Morgan fingerprint density at radius 3 is 1.20 bits per heavy atom. The fraction of sp³-hybridized carbons (Fsp3) is 0.975. The van der Waals surface area contributed by atoms with Crippen LogP contribution in [0.2, 0.25) is 0 Å². The van der Waals surface area contributed by atoms with Crippen molar-refractivity contribution in [2.24, 2.45) is 0 Å². The molecule has 0 atom stereocenters. The van der Waals surface area contributed by atoms with Crippen LogP contribution in [0.1, 0.15) is 196 Å². The van der Waals surface area contributed by atoms with Crippen molar-refractivity contribution in [2.45, 2.75) is 213 Å². The summed E-state index contributed by atoms with van der Waals surface area (Å²) in [4.78, 5) is 13.2. The zero-order valence-corrected chi connectivity index (χ0v) is 32.1. The maximum atomic E-state index is 13.2. The Morgan fingerprint density at radius 2 is 0.870 bits per heavy atom. The Bertz CT molecular complexity index is 622. The Morgan fingerprint density at radius 1 is 0.543 bits per heavy atom. The van der Waals surface area contributed by atoms with Gasteiger partial charge in [-0.1, -0.05) is 155 Å². The Hall–Kier alpha value is -0.690. The first-order chi connectivity index (χ1) is 22.2. The second-order valence-electron chi connectivity index (χ2n) is 14.9. The van der Waals surface area contributed by atoms with Gasteiger partial charge in [-0.15, -0.1) is 0 Å². The van der Waals surface area contributed by atoms with Crippen molar-refractivity contribution in [3.8, 4) is 0 Å². The highest BCUT2D eigenvalue weighted by atomic mass is 16.5. The molecule has 0 fully saturated rings. The summed E-state index contributed by atoms with van der Waals surface area (Å²) < 4.78 is 23.5. The van der Waals surface area contributed by atoms with Gasteiger partial charge in [-0.25, -0.2) is 0 Å². The lowest BCUT2D eigenvalue weighted by atomic mass is 10.1. The van der Waals surface area contributed by atoms with Gasteiger partial charge >= 0.3 is 0 Å². The van der Waals surface area contributed by atoms with E-state index in [2.05, 4.69) is 19.2 Å². The van der Waals surface area contributed by atoms with Crippen LogP contribution >= 0.6 is 0 Å². The number of hydrogen-bond donors (Lipinski definition) is 1. The molecule has 6 nitrogen and oxygen atoms in total. The summed E-state index contributed by atoms with van der Waals surface area (Å²) in [7, 11) is 1.66. The minimum atomic E-state index is -0.973. The second kappa shape index (κ2) is 31.6. The number of rotatable bonds is 36. The molecule has 0 aromatic rings. The van der Waals surface area contributed by atoms with E-state index in [-0.39, 0.29) is 11.9 Å². The van der Waals surface area contributed by atoms with Crippen LogP contribution in [0, 0.1) is 0 Å². The van der Waals surface area contributed by atoms with Crippen LogP contribution in [0.4, 0.5) is 0 Å². The van der Waals surface area contributed by atoms with E-state index < -0.39 is 11.2 Å². The first-order valence-electron chi connectivity index (χ1n) is 19.8. The number of hydrogen-bond acceptors (Lipinski definition) is 5. The summed E-state index contributed by atoms with van der Waals surface area (Å²) >= 11 is 0. The molecule has 0 unspecified atom stereocenters. The summed E-state index contributed by atoms with van der Waals surface area (Å²) in [5, 5.41) is 3.15. The molecule has 0 saturated carbocycles. The van der Waals surface area contributed by atoms with Crippen molar-refractivity contribution in [3.63, 3.8) is 0 Å². The summed E-state index contributed by atoms with van der Waals surface area (Å²) in [6, 6.07) is -0.194. The lowest BCUT2D eigenvalue weighted by Crippen LogP contribution is -2.52. The highest BCUT2D eigenvalue weighted by molar-refractivity contribution is 5.84. The average molecular weight is 656 g/mol. The molecule has 46 heavy (non-hydrogen) atoms. The molecule has 0 aromatic heterocycles. The fourth-order valence-electron chi connectivity index (χ4n) is 5.51. The molecule has 0 rings (SSSR count). The zero-order valence-electron chi connectivity index (χ0n) is 32.1. The third-order valence-corrected chi connectivity index (χ3v) is 9.14. The normalized spacial score (nSPS) is 12.3. The smallest absolute Gasteiger partial charge is 0.252 e. The van der Waals surface area contributed by atoms with Crippen LogP contribution in [0.5, 0.6) is 0 Å². The van der Waals surface area contributed by atoms with E-state index in [1.807, 2.05) is 27.7 Å². The number of unbranched alkanes of at least 4 members (excludes halogenated alkanes) is 22. The molecule has 0 bridgehead atoms. The van der Waals surface area contributed by atoms with Gasteiger partial charge in [-0.3, -0.25) is 4.79 Å². The maximum Gasteiger partial charge on any atom is 0.252 e. The predicted molar refractivity (Wildman–Crippen MR) is 197 cm³/mol. The lowest BCUT2D eigenvalue weighted by molar-refractivity contribution is -0.154. The third-order valence-electron chi connectivity index (χ3n) is 9.14. The van der Waals surface area contributed by atoms with Crippen molar-refractivity contribution in [1.29, 1.82) is 0 Å². The Balaban J connectivity index is 4.29. The molecule has 0 heterocycles. The lowest BCUT2D eigenvalue weighted by Gasteiger charge is -2.31. The SMILES string of the molecule is CCCCCCCCCCCCCCOCC(COCCCCCCCCCCCCCC)NC(=O)C(C)(C)OCC(C)(C)OC. The van der Waals surface area contributed by atoms with E-state index in [1.165, 1.54) is 141 Å². The van der Waals surface area contributed by atoms with Gasteiger partial charge in [0.15, 0.2) is 0 Å². The number of carbonyl (C=O) groups excluding carboxylic acids is 1. The number of carbonyl (C=O) groups is 1. The topological polar surface area (TPSA) is 66.0 Å². The number of nitrogens with one attached hydrogen (secondary N) is 1. The molecule has 0 aliphatic carbocycles. The quantitative estimate of drug-likeness (QED) is 0.0680. The third kappa shape index (κ3) is 29.4. The van der Waals surface area contributed by atoms with Crippen molar-refractivity contribution in [2.75, 3.05) is 40.1 Å². The molecular formula is C40H81NO5. The first-order valence-corrected chi connectivity index (χ1v) is 19.8. The van der Waals surface area contributed by atoms with E-state index in [0.29, 0.717) is 19.8 Å². The van der Waals surface area contributed by atoms with Gasteiger partial charge in [0.25, 0.3) is 5.91 Å². The van der Waals surface area contributed by atoms with Crippen LogP contribution in [0.3, 0.4) is 0 Å². The molecule has 1 amide bonds. The summed E-state index contributed by atoms with van der Waals surface area (Å²) in [5.41, 5.74) is -1.43. The maximum absolute atomic E-state index is 13.2. The van der Waals surface area contributed by atoms with Crippen molar-refractivity contribution < 1.29 is 23.7 Å². The second-order valence-corrected chi connectivity index (χ2v) is 14.9. The van der Waals surface area contributed by atoms with E-state index >= 15 is 0 Å². The van der Waals surface area contributed by atoms with Crippen molar-refractivity contribution in [1.82, 2.24) is 5.32 Å². The molecule has 1 N–H and O–H groups in total. The van der Waals surface area contributed by atoms with Gasteiger partial charge < -0.3 is 24.3 Å². The van der Waals surface area contributed by atoms with Crippen LogP contribution in [0.15, 0.2) is 0 Å². The molecule has 6 heteroatoms. The molecule has 0 spiro atoms. The van der Waals surface area contributed by atoms with Gasteiger partial charge in [0, 0.05) is 20.3 Å². The van der Waals surface area contributed by atoms with Gasteiger partial charge in [0.1, 0.15) is 5.60 Å². The van der Waals surface area contributed by atoms with Crippen LogP contribution in [-0.2, 0) is 23.7 Å². The van der Waals surface area contributed by atoms with Crippen LogP contribution in [-0.4, -0.2) is 63.3 Å². The van der Waals surface area contributed by atoms with Crippen LogP contribution in [0.25, 0.3) is 0 Å². The summed E-state index contributed by atoms with van der Waals surface area (Å²) in [6.45, 7) is 14.8. The Kier molecular flexibility index (Phi) is 31.1. The average Bonchev–Trinajstić information content (AvgIpc) is 3.04. The molecule has 276 valence electrons. The molecule has 0 saturated heterocycles. The standard InChI is InChI=1S/C40H81NO5/c1-8-10-12-14-16-18-20-22-24-26-28-30-32-44-34-37(41-38(42)40(5,6)46-36-39(3,4)43-7)35-45-33-31-29-27-25-23-21-19-17-15-13-11-9-2/h37H,8-36H2,1-7H3,(H,41,42). The molecular weight excluding hydrogens is 574 g/mol. The molecule has 0 aliphatic heterocycles. The predicted octanol–water partition coefficient (Wildman–Crippen LogP) is 11.1. The fourth-order valence-corrected chi connectivity index (χ4v) is 5.51. The number of methoxy groups -OCH3 is 1. The highest BCUT2D eigenvalue weighted by Gasteiger charge is 2.33. The largest absolute Gasteiger partial charge is 0.379 e. The highest BCUT2D eigenvalue weighted by Crippen LogP contribution is 2.17. The minimum Gasteiger partial charge on any atom is -0.379 e. The first kappa shape index (κ1) is 45.3. The van der Waals surface area contributed by atoms with Gasteiger partial charge in [0.05, 0.1) is 31.5 Å². The van der Waals surface area contributed by atoms with E-state index in [4.69, 9.17) is 18.9 Å². The summed E-state index contributed by atoms with van der Waals surface area (Å²) in [6.07, 6.45) is 31.9. The Labute approximate surface area is 287 Å². The van der Waals surface area contributed by atoms with E-state index in [9.17, 15) is 4.79 Å². The van der Waals surface area contributed by atoms with Gasteiger partial charge in [-0.2, -0.15) is 0 Å². The van der Waals surface area contributed by atoms with Gasteiger partial charge in [-0.05, 0) is 40.5 Å². The monoisotopic (exact) mass is 656 g/mol. The van der Waals surface area contributed by atoms with Crippen LogP contribution < -0.4 is 5.32 Å². The minimum absolute atomic E-state index is 0.146.